The van der Waals surface area contributed by atoms with Gasteiger partial charge in [0.05, 0.1) is 14.2 Å². The van der Waals surface area contributed by atoms with Gasteiger partial charge in [-0.1, -0.05) is 13.1 Å². The van der Waals surface area contributed by atoms with Gasteiger partial charge in [-0.2, -0.15) is 13.2 Å². The predicted molar refractivity (Wildman–Crippen MR) is 87.2 cm³/mol. The van der Waals surface area contributed by atoms with E-state index in [4.69, 9.17) is 8.54 Å². The van der Waals surface area contributed by atoms with Crippen LogP contribution in [-0.2, 0) is 8.54 Å². The van der Waals surface area contributed by atoms with E-state index >= 15 is 0 Å². The van der Waals surface area contributed by atoms with E-state index in [2.05, 4.69) is 13.1 Å². The van der Waals surface area contributed by atoms with Crippen LogP contribution in [0.1, 0.15) is 20.3 Å². The molecular formula is C11H27F3O2Si4. The smallest absolute Gasteiger partial charge is 0.389 e. The third kappa shape index (κ3) is 6.14. The first-order chi connectivity index (χ1) is 8.74. The second-order valence-corrected chi connectivity index (χ2v) is 31.4. The van der Waals surface area contributed by atoms with Crippen LogP contribution in [0.4, 0.5) is 13.2 Å². The summed E-state index contributed by atoms with van der Waals surface area (Å²) in [6, 6.07) is 1.17. The molecule has 0 radical (unpaired) electrons. The van der Waals surface area contributed by atoms with Crippen LogP contribution in [0.5, 0.6) is 0 Å². The Hall–Kier alpha value is 0.578. The van der Waals surface area contributed by atoms with E-state index in [1.54, 1.807) is 0 Å². The van der Waals surface area contributed by atoms with Crippen LogP contribution in [0.3, 0.4) is 0 Å². The fraction of sp³-hybridized carbons (Fsp3) is 1.00. The van der Waals surface area contributed by atoms with Gasteiger partial charge in [0.2, 0.25) is 0 Å². The number of hydrogen-bond acceptors (Lipinski definition) is 2. The Bertz CT molecular complexity index is 329. The fourth-order valence-corrected chi connectivity index (χ4v) is 45.7. The molecule has 1 heterocycles. The van der Waals surface area contributed by atoms with Crippen LogP contribution < -0.4 is 0 Å². The second kappa shape index (κ2) is 5.99. The van der Waals surface area contributed by atoms with Gasteiger partial charge < -0.3 is 8.54 Å². The van der Waals surface area contributed by atoms with Crippen LogP contribution in [0.25, 0.3) is 0 Å². The van der Waals surface area contributed by atoms with Crippen molar-refractivity contribution in [1.82, 2.24) is 0 Å². The standard InChI is InChI=1S/C11H27F3O2Si4/c1-10(2)9-19(5,6)17-20(15-10,16-18(3)4)8-7-11(12,13)14/h18H,7-9,17H2,1-6H3. The Balaban J connectivity index is 2.97. The van der Waals surface area contributed by atoms with Gasteiger partial charge >= 0.3 is 6.18 Å². The van der Waals surface area contributed by atoms with Crippen LogP contribution in [-0.4, -0.2) is 45.0 Å². The summed E-state index contributed by atoms with van der Waals surface area (Å²) in [7, 11) is -6.06. The minimum atomic E-state index is -4.10. The summed E-state index contributed by atoms with van der Waals surface area (Å²) in [5.74, 6) is 0. The monoisotopic (exact) mass is 360 g/mol. The van der Waals surface area contributed by atoms with Gasteiger partial charge in [0.25, 0.3) is 8.08 Å². The molecule has 1 rings (SSSR count). The minimum Gasteiger partial charge on any atom is -0.442 e. The molecule has 0 spiro atoms. The second-order valence-electron chi connectivity index (χ2n) is 7.57. The van der Waals surface area contributed by atoms with E-state index in [-0.39, 0.29) is 11.6 Å². The summed E-state index contributed by atoms with van der Waals surface area (Å²) in [4.78, 5) is 0. The van der Waals surface area contributed by atoms with Gasteiger partial charge in [0.15, 0.2) is 9.04 Å². The summed E-state index contributed by atoms with van der Waals surface area (Å²) < 4.78 is 50.4. The Labute approximate surface area is 125 Å². The molecule has 1 fully saturated rings. The molecule has 0 aromatic rings. The van der Waals surface area contributed by atoms with Crippen LogP contribution >= 0.6 is 0 Å². The summed E-state index contributed by atoms with van der Waals surface area (Å²) in [5, 5.41) is 0. The highest BCUT2D eigenvalue weighted by Crippen LogP contribution is 2.38. The molecule has 1 atom stereocenters. The van der Waals surface area contributed by atoms with Crippen molar-refractivity contribution in [3.8, 4) is 0 Å². The van der Waals surface area contributed by atoms with Gasteiger partial charge in [-0.3, -0.25) is 0 Å². The van der Waals surface area contributed by atoms with Gasteiger partial charge in [-0.15, -0.1) is 0 Å². The number of alkyl halides is 3. The van der Waals surface area contributed by atoms with E-state index in [1.807, 2.05) is 26.9 Å². The lowest BCUT2D eigenvalue weighted by Gasteiger charge is -2.50. The third-order valence-corrected chi connectivity index (χ3v) is 33.9. The molecular weight excluding hydrogens is 333 g/mol. The molecule has 1 aliphatic heterocycles. The van der Waals surface area contributed by atoms with Crippen molar-refractivity contribution < 1.29 is 21.7 Å². The topological polar surface area (TPSA) is 18.5 Å². The zero-order chi connectivity index (χ0) is 15.8. The SMILES string of the molecule is C[SiH](C)O[Si]1(CCC(F)(F)F)OC(C)(C)C[Si](C)(C)[SiH2]1. The van der Waals surface area contributed by atoms with E-state index in [0.717, 1.165) is 6.04 Å². The quantitative estimate of drug-likeness (QED) is 0.717. The molecule has 1 saturated heterocycles. The van der Waals surface area contributed by atoms with Crippen molar-refractivity contribution >= 4 is 33.3 Å². The maximum atomic E-state index is 12.7. The van der Waals surface area contributed by atoms with E-state index in [0.29, 0.717) is 0 Å². The van der Waals surface area contributed by atoms with Gasteiger partial charge in [0.1, 0.15) is 0 Å². The Morgan fingerprint density at radius 2 is 1.85 bits per heavy atom. The first-order valence-electron chi connectivity index (χ1n) is 7.19. The van der Waals surface area contributed by atoms with Crippen LogP contribution in [0.15, 0.2) is 0 Å². The van der Waals surface area contributed by atoms with Crippen LogP contribution in [0.2, 0.25) is 38.3 Å². The largest absolute Gasteiger partial charge is 0.442 e. The van der Waals surface area contributed by atoms with Crippen molar-refractivity contribution in [3.63, 3.8) is 0 Å². The molecule has 0 saturated carbocycles. The highest BCUT2D eigenvalue weighted by Gasteiger charge is 2.54. The predicted octanol–water partition coefficient (Wildman–Crippen LogP) is 3.06. The summed E-state index contributed by atoms with van der Waals surface area (Å²) in [6.45, 7) is 12.7. The molecule has 1 unspecified atom stereocenters. The molecule has 0 amide bonds. The van der Waals surface area contributed by atoms with Crippen molar-refractivity contribution in [2.75, 3.05) is 0 Å². The highest BCUT2D eigenvalue weighted by molar-refractivity contribution is 7.51. The van der Waals surface area contributed by atoms with Crippen LogP contribution in [0, 0.1) is 0 Å². The van der Waals surface area contributed by atoms with E-state index < -0.39 is 45.9 Å². The average Bonchev–Trinajstić information content (AvgIpc) is 2.06. The Morgan fingerprint density at radius 1 is 1.30 bits per heavy atom. The molecule has 0 aliphatic carbocycles. The molecule has 9 heteroatoms. The summed E-state index contributed by atoms with van der Waals surface area (Å²) >= 11 is 0. The van der Waals surface area contributed by atoms with Crippen molar-refractivity contribution in [2.24, 2.45) is 0 Å². The lowest BCUT2D eigenvalue weighted by molar-refractivity contribution is -0.131. The average molecular weight is 361 g/mol. The molecule has 20 heavy (non-hydrogen) atoms. The highest BCUT2D eigenvalue weighted by atomic mass is 29.6. The first kappa shape index (κ1) is 18.6. The first-order valence-corrected chi connectivity index (χ1v) is 19.9. The number of halogens is 3. The normalized spacial score (nSPS) is 30.9. The maximum absolute atomic E-state index is 12.7. The Morgan fingerprint density at radius 3 is 2.25 bits per heavy atom. The zero-order valence-corrected chi connectivity index (χ0v) is 17.9. The molecule has 2 nitrogen and oxygen atoms in total. The zero-order valence-electron chi connectivity index (χ0n) is 13.4. The fourth-order valence-electron chi connectivity index (χ4n) is 3.55. The lowest BCUT2D eigenvalue weighted by atomic mass is 10.2. The molecule has 1 aliphatic rings. The number of hydrogen-bond donors (Lipinski definition) is 0. The molecule has 0 N–H and O–H groups in total. The molecule has 0 aromatic carbocycles. The molecule has 0 aromatic heterocycles. The van der Waals surface area contributed by atoms with E-state index in [1.165, 1.54) is 0 Å². The van der Waals surface area contributed by atoms with Crippen molar-refractivity contribution in [2.45, 2.75) is 70.3 Å². The third-order valence-electron chi connectivity index (χ3n) is 3.35. The number of rotatable bonds is 4. The molecule has 120 valence electrons. The summed E-state index contributed by atoms with van der Waals surface area (Å²) in [6.07, 6.45) is -4.85. The van der Waals surface area contributed by atoms with Crippen molar-refractivity contribution in [3.05, 3.63) is 0 Å². The molecule has 0 bridgehead atoms. The Kier molecular flexibility index (Phi) is 5.58. The minimum absolute atomic E-state index is 0.119. The lowest BCUT2D eigenvalue weighted by Crippen LogP contribution is -2.68. The van der Waals surface area contributed by atoms with Crippen molar-refractivity contribution in [1.29, 1.82) is 0 Å². The van der Waals surface area contributed by atoms with Gasteiger partial charge in [0, 0.05) is 14.0 Å². The van der Waals surface area contributed by atoms with Gasteiger partial charge in [-0.25, -0.2) is 0 Å². The summed E-state index contributed by atoms with van der Waals surface area (Å²) in [5.41, 5.74) is -0.303. The maximum Gasteiger partial charge on any atom is 0.389 e. The van der Waals surface area contributed by atoms with Gasteiger partial charge in [-0.05, 0) is 39.0 Å². The van der Waals surface area contributed by atoms with E-state index in [9.17, 15) is 13.2 Å².